The lowest BCUT2D eigenvalue weighted by atomic mass is 9.88. The molecule has 0 saturated heterocycles. The number of nitrogens with two attached hydrogens (primary N) is 1. The number of anilines is 1. The lowest BCUT2D eigenvalue weighted by molar-refractivity contribution is 0.637. The highest BCUT2D eigenvalue weighted by Crippen LogP contribution is 2.30. The second kappa shape index (κ2) is 3.28. The zero-order valence-electron chi connectivity index (χ0n) is 9.20. The molecule has 0 unspecified atom stereocenters. The van der Waals surface area contributed by atoms with Gasteiger partial charge in [-0.2, -0.15) is 0 Å². The number of nitrogen functional groups attached to an aromatic ring is 1. The molecule has 1 aliphatic heterocycles. The van der Waals surface area contributed by atoms with Gasteiger partial charge in [-0.15, -0.1) is 0 Å². The van der Waals surface area contributed by atoms with E-state index in [4.69, 9.17) is 5.73 Å². The minimum absolute atomic E-state index is 0.977. The van der Waals surface area contributed by atoms with E-state index in [1.165, 1.54) is 27.8 Å². The van der Waals surface area contributed by atoms with Crippen LogP contribution in [0.25, 0.3) is 0 Å². The third kappa shape index (κ3) is 1.22. The van der Waals surface area contributed by atoms with E-state index in [1.54, 1.807) is 0 Å². The van der Waals surface area contributed by atoms with Crippen molar-refractivity contribution in [2.75, 3.05) is 12.3 Å². The van der Waals surface area contributed by atoms with E-state index < -0.39 is 0 Å². The van der Waals surface area contributed by atoms with Crippen molar-refractivity contribution in [3.63, 3.8) is 0 Å². The predicted octanol–water partition coefficient (Wildman–Crippen LogP) is 1.84. The Bertz CT molecular complexity index is 344. The molecule has 0 atom stereocenters. The normalized spacial score (nSPS) is 15.4. The van der Waals surface area contributed by atoms with Crippen LogP contribution in [0.2, 0.25) is 0 Å². The zero-order chi connectivity index (χ0) is 10.3. The van der Waals surface area contributed by atoms with E-state index in [1.807, 2.05) is 0 Å². The molecule has 0 aliphatic carbocycles. The third-order valence-electron chi connectivity index (χ3n) is 3.49. The zero-order valence-corrected chi connectivity index (χ0v) is 9.20. The van der Waals surface area contributed by atoms with Crippen molar-refractivity contribution < 1.29 is 0 Å². The molecule has 0 aromatic heterocycles. The summed E-state index contributed by atoms with van der Waals surface area (Å²) in [5.41, 5.74) is 13.9. The summed E-state index contributed by atoms with van der Waals surface area (Å²) >= 11 is 0. The largest absolute Gasteiger partial charge is 0.398 e. The standard InChI is InChI=1S/C12H18N2/c1-7-8(2)12(13)9(3)11-6-14-5-4-10(7)11/h14H,4-6,13H2,1-3H3. The van der Waals surface area contributed by atoms with Crippen LogP contribution in [0.4, 0.5) is 5.69 Å². The Morgan fingerprint density at radius 1 is 1.00 bits per heavy atom. The second-order valence-electron chi connectivity index (χ2n) is 4.17. The van der Waals surface area contributed by atoms with E-state index in [2.05, 4.69) is 26.1 Å². The molecule has 1 aromatic carbocycles. The summed E-state index contributed by atoms with van der Waals surface area (Å²) in [6, 6.07) is 0. The van der Waals surface area contributed by atoms with Gasteiger partial charge in [0.15, 0.2) is 0 Å². The third-order valence-corrected chi connectivity index (χ3v) is 3.49. The smallest absolute Gasteiger partial charge is 0.0379 e. The highest BCUT2D eigenvalue weighted by Gasteiger charge is 2.17. The van der Waals surface area contributed by atoms with Gasteiger partial charge in [0.05, 0.1) is 0 Å². The predicted molar refractivity (Wildman–Crippen MR) is 60.5 cm³/mol. The first-order valence-electron chi connectivity index (χ1n) is 5.20. The molecule has 76 valence electrons. The fourth-order valence-electron chi connectivity index (χ4n) is 2.33. The van der Waals surface area contributed by atoms with Gasteiger partial charge in [-0.05, 0) is 61.6 Å². The Balaban J connectivity index is 2.71. The van der Waals surface area contributed by atoms with Crippen molar-refractivity contribution in [3.05, 3.63) is 27.8 Å². The molecule has 1 heterocycles. The van der Waals surface area contributed by atoms with Crippen LogP contribution in [0.15, 0.2) is 0 Å². The van der Waals surface area contributed by atoms with E-state index in [-0.39, 0.29) is 0 Å². The molecule has 3 N–H and O–H groups in total. The number of hydrogen-bond donors (Lipinski definition) is 2. The van der Waals surface area contributed by atoms with Gasteiger partial charge in [0.25, 0.3) is 0 Å². The molecule has 0 saturated carbocycles. The van der Waals surface area contributed by atoms with Gasteiger partial charge in [-0.1, -0.05) is 0 Å². The monoisotopic (exact) mass is 190 g/mol. The summed E-state index contributed by atoms with van der Waals surface area (Å²) in [5, 5.41) is 3.40. The van der Waals surface area contributed by atoms with Crippen LogP contribution >= 0.6 is 0 Å². The van der Waals surface area contributed by atoms with Crippen molar-refractivity contribution in [2.45, 2.75) is 33.7 Å². The molecule has 2 nitrogen and oxygen atoms in total. The van der Waals surface area contributed by atoms with Gasteiger partial charge in [0.1, 0.15) is 0 Å². The molecule has 2 heteroatoms. The molecule has 0 radical (unpaired) electrons. The maximum absolute atomic E-state index is 6.08. The van der Waals surface area contributed by atoms with Gasteiger partial charge in [-0.25, -0.2) is 0 Å². The molecular formula is C12H18N2. The van der Waals surface area contributed by atoms with E-state index in [0.29, 0.717) is 0 Å². The molecule has 0 bridgehead atoms. The maximum atomic E-state index is 6.08. The van der Waals surface area contributed by atoms with Crippen molar-refractivity contribution in [1.82, 2.24) is 5.32 Å². The summed E-state index contributed by atoms with van der Waals surface area (Å²) in [6.07, 6.45) is 1.14. The number of rotatable bonds is 0. The Kier molecular flexibility index (Phi) is 2.23. The van der Waals surface area contributed by atoms with Crippen LogP contribution in [0.1, 0.15) is 27.8 Å². The van der Waals surface area contributed by atoms with Crippen LogP contribution < -0.4 is 11.1 Å². The highest BCUT2D eigenvalue weighted by atomic mass is 14.9. The summed E-state index contributed by atoms with van der Waals surface area (Å²) in [6.45, 7) is 8.52. The highest BCUT2D eigenvalue weighted by molar-refractivity contribution is 5.62. The van der Waals surface area contributed by atoms with E-state index in [0.717, 1.165) is 25.2 Å². The first-order valence-corrected chi connectivity index (χ1v) is 5.20. The average Bonchev–Trinajstić information content (AvgIpc) is 2.23. The first kappa shape index (κ1) is 9.53. The van der Waals surface area contributed by atoms with Gasteiger partial charge in [0.2, 0.25) is 0 Å². The van der Waals surface area contributed by atoms with Gasteiger partial charge >= 0.3 is 0 Å². The summed E-state index contributed by atoms with van der Waals surface area (Å²) in [7, 11) is 0. The van der Waals surface area contributed by atoms with Crippen molar-refractivity contribution in [3.8, 4) is 0 Å². The first-order chi connectivity index (χ1) is 6.63. The van der Waals surface area contributed by atoms with Crippen LogP contribution in [0, 0.1) is 20.8 Å². The minimum Gasteiger partial charge on any atom is -0.398 e. The molecular weight excluding hydrogens is 172 g/mol. The van der Waals surface area contributed by atoms with Crippen LogP contribution in [0.5, 0.6) is 0 Å². The quantitative estimate of drug-likeness (QED) is 0.613. The summed E-state index contributed by atoms with van der Waals surface area (Å²) < 4.78 is 0. The number of nitrogens with one attached hydrogen (secondary N) is 1. The average molecular weight is 190 g/mol. The number of fused-ring (bicyclic) bond motifs is 1. The molecule has 14 heavy (non-hydrogen) atoms. The molecule has 1 aromatic rings. The Morgan fingerprint density at radius 3 is 2.43 bits per heavy atom. The fraction of sp³-hybridized carbons (Fsp3) is 0.500. The number of hydrogen-bond acceptors (Lipinski definition) is 2. The molecule has 0 spiro atoms. The van der Waals surface area contributed by atoms with Crippen molar-refractivity contribution in [2.24, 2.45) is 0 Å². The van der Waals surface area contributed by atoms with Gasteiger partial charge < -0.3 is 11.1 Å². The molecule has 0 amide bonds. The lowest BCUT2D eigenvalue weighted by Crippen LogP contribution is -2.26. The molecule has 0 fully saturated rings. The lowest BCUT2D eigenvalue weighted by Gasteiger charge is -2.24. The number of benzene rings is 1. The summed E-state index contributed by atoms with van der Waals surface area (Å²) in [4.78, 5) is 0. The van der Waals surface area contributed by atoms with Crippen molar-refractivity contribution in [1.29, 1.82) is 0 Å². The second-order valence-corrected chi connectivity index (χ2v) is 4.17. The van der Waals surface area contributed by atoms with Gasteiger partial charge in [-0.3, -0.25) is 0 Å². The van der Waals surface area contributed by atoms with Crippen LogP contribution in [-0.2, 0) is 13.0 Å². The Hall–Kier alpha value is -1.02. The topological polar surface area (TPSA) is 38.0 Å². The maximum Gasteiger partial charge on any atom is 0.0379 e. The van der Waals surface area contributed by atoms with Crippen LogP contribution in [-0.4, -0.2) is 6.54 Å². The van der Waals surface area contributed by atoms with Crippen molar-refractivity contribution >= 4 is 5.69 Å². The van der Waals surface area contributed by atoms with Crippen LogP contribution in [0.3, 0.4) is 0 Å². The van der Waals surface area contributed by atoms with E-state index >= 15 is 0 Å². The summed E-state index contributed by atoms with van der Waals surface area (Å²) in [5.74, 6) is 0. The fourth-order valence-corrected chi connectivity index (χ4v) is 2.33. The Labute approximate surface area is 85.5 Å². The van der Waals surface area contributed by atoms with Gasteiger partial charge in [0, 0.05) is 12.2 Å². The molecule has 1 aliphatic rings. The Morgan fingerprint density at radius 2 is 1.71 bits per heavy atom. The van der Waals surface area contributed by atoms with E-state index in [9.17, 15) is 0 Å². The minimum atomic E-state index is 0.977. The SMILES string of the molecule is Cc1c(C)c2c(c(C)c1N)CNCC2. The molecule has 2 rings (SSSR count).